The third-order valence-electron chi connectivity index (χ3n) is 5.77. The molecule has 3 rings (SSSR count). The lowest BCUT2D eigenvalue weighted by Gasteiger charge is -2.33. The topological polar surface area (TPSA) is 32.7 Å². The standard InChI is InChI=1S/C25H35NO2.ClH/c1-19(2)24-10-9-20(3)15-25(24)28-18-23(27)17-26-13-11-22(12-14-26)16-21-7-5-4-6-8-21;/h4-10,15,19,22-23,27H,11-14,16-18H2,1-3H3;1H. The van der Waals surface area contributed by atoms with Gasteiger partial charge >= 0.3 is 0 Å². The summed E-state index contributed by atoms with van der Waals surface area (Å²) in [6.45, 7) is 9.61. The van der Waals surface area contributed by atoms with E-state index < -0.39 is 6.10 Å². The molecular weight excluding hydrogens is 382 g/mol. The van der Waals surface area contributed by atoms with Crippen LogP contribution in [0.4, 0.5) is 0 Å². The number of halogens is 1. The number of piperidine rings is 1. The molecule has 1 atom stereocenters. The highest BCUT2D eigenvalue weighted by Gasteiger charge is 2.21. The van der Waals surface area contributed by atoms with Crippen LogP contribution in [0.3, 0.4) is 0 Å². The van der Waals surface area contributed by atoms with E-state index in [4.69, 9.17) is 4.74 Å². The van der Waals surface area contributed by atoms with Crippen LogP contribution in [0.2, 0.25) is 0 Å². The molecule has 3 nitrogen and oxygen atoms in total. The summed E-state index contributed by atoms with van der Waals surface area (Å²) < 4.78 is 6.01. The first-order chi connectivity index (χ1) is 13.5. The maximum absolute atomic E-state index is 10.5. The van der Waals surface area contributed by atoms with Crippen molar-refractivity contribution < 1.29 is 9.84 Å². The fourth-order valence-electron chi connectivity index (χ4n) is 4.10. The molecule has 1 heterocycles. The van der Waals surface area contributed by atoms with Crippen LogP contribution >= 0.6 is 12.4 Å². The molecule has 1 aliphatic heterocycles. The summed E-state index contributed by atoms with van der Waals surface area (Å²) >= 11 is 0. The minimum absolute atomic E-state index is 0. The fraction of sp³-hybridized carbons (Fsp3) is 0.520. The molecular formula is C25H36ClNO2. The predicted molar refractivity (Wildman–Crippen MR) is 123 cm³/mol. The smallest absolute Gasteiger partial charge is 0.123 e. The second-order valence-electron chi connectivity index (χ2n) is 8.59. The predicted octanol–water partition coefficient (Wildman–Crippen LogP) is 5.23. The van der Waals surface area contributed by atoms with E-state index in [1.54, 1.807) is 0 Å². The van der Waals surface area contributed by atoms with Crippen molar-refractivity contribution in [2.75, 3.05) is 26.2 Å². The largest absolute Gasteiger partial charge is 0.491 e. The highest BCUT2D eigenvalue weighted by Crippen LogP contribution is 2.28. The Hall–Kier alpha value is -1.55. The van der Waals surface area contributed by atoms with Gasteiger partial charge in [0, 0.05) is 6.54 Å². The van der Waals surface area contributed by atoms with Gasteiger partial charge in [0.25, 0.3) is 0 Å². The summed E-state index contributed by atoms with van der Waals surface area (Å²) in [5.41, 5.74) is 3.84. The minimum Gasteiger partial charge on any atom is -0.491 e. The van der Waals surface area contributed by atoms with E-state index in [9.17, 15) is 5.11 Å². The summed E-state index contributed by atoms with van der Waals surface area (Å²) in [4.78, 5) is 2.38. The third-order valence-corrected chi connectivity index (χ3v) is 5.77. The minimum atomic E-state index is -0.453. The Morgan fingerprint density at radius 2 is 1.76 bits per heavy atom. The first-order valence-electron chi connectivity index (χ1n) is 10.7. The Kier molecular flexibility index (Phi) is 9.48. The second kappa shape index (κ2) is 11.6. The highest BCUT2D eigenvalue weighted by atomic mass is 35.5. The molecule has 1 aliphatic rings. The molecule has 0 aromatic heterocycles. The van der Waals surface area contributed by atoms with Gasteiger partial charge in [-0.15, -0.1) is 12.4 Å². The molecule has 4 heteroatoms. The number of β-amino-alcohol motifs (C(OH)–C–C–N with tert-alkyl or cyclic N) is 1. The van der Waals surface area contributed by atoms with Crippen LogP contribution in [0.1, 0.15) is 49.3 Å². The molecule has 0 aliphatic carbocycles. The summed E-state index contributed by atoms with van der Waals surface area (Å²) in [6.07, 6.45) is 3.13. The van der Waals surface area contributed by atoms with Crippen LogP contribution in [-0.2, 0) is 6.42 Å². The average Bonchev–Trinajstić information content (AvgIpc) is 2.68. The van der Waals surface area contributed by atoms with Gasteiger partial charge in [0.15, 0.2) is 0 Å². The van der Waals surface area contributed by atoms with E-state index in [-0.39, 0.29) is 12.4 Å². The lowest BCUT2D eigenvalue weighted by atomic mass is 9.90. The number of aliphatic hydroxyl groups is 1. The monoisotopic (exact) mass is 417 g/mol. The Labute approximate surface area is 182 Å². The van der Waals surface area contributed by atoms with Crippen LogP contribution in [0.25, 0.3) is 0 Å². The molecule has 1 unspecified atom stereocenters. The van der Waals surface area contributed by atoms with Crippen LogP contribution < -0.4 is 4.74 Å². The molecule has 0 bridgehead atoms. The molecule has 160 valence electrons. The number of aryl methyl sites for hydroxylation is 1. The van der Waals surface area contributed by atoms with Crippen molar-refractivity contribution in [2.24, 2.45) is 5.92 Å². The summed E-state index contributed by atoms with van der Waals surface area (Å²) in [5, 5.41) is 10.5. The number of likely N-dealkylation sites (tertiary alicyclic amines) is 1. The first-order valence-corrected chi connectivity index (χ1v) is 10.7. The van der Waals surface area contributed by atoms with E-state index in [2.05, 4.69) is 74.2 Å². The van der Waals surface area contributed by atoms with E-state index >= 15 is 0 Å². The van der Waals surface area contributed by atoms with Gasteiger partial charge in [-0.2, -0.15) is 0 Å². The quantitative estimate of drug-likeness (QED) is 0.637. The SMILES string of the molecule is Cc1ccc(C(C)C)c(OCC(O)CN2CCC(Cc3ccccc3)CC2)c1.Cl. The number of ether oxygens (including phenoxy) is 1. The number of benzene rings is 2. The second-order valence-corrected chi connectivity index (χ2v) is 8.59. The molecule has 2 aromatic rings. The number of hydrogen-bond acceptors (Lipinski definition) is 3. The van der Waals surface area contributed by atoms with Gasteiger partial charge in [0.2, 0.25) is 0 Å². The molecule has 1 saturated heterocycles. The lowest BCUT2D eigenvalue weighted by Crippen LogP contribution is -2.41. The molecule has 0 radical (unpaired) electrons. The van der Waals surface area contributed by atoms with Crippen LogP contribution in [0.15, 0.2) is 48.5 Å². The number of hydrogen-bond donors (Lipinski definition) is 1. The average molecular weight is 418 g/mol. The number of rotatable bonds is 8. The van der Waals surface area contributed by atoms with E-state index in [0.717, 1.165) is 24.8 Å². The van der Waals surface area contributed by atoms with Gasteiger partial charge in [0.1, 0.15) is 18.5 Å². The Morgan fingerprint density at radius 3 is 2.41 bits per heavy atom. The van der Waals surface area contributed by atoms with Gasteiger partial charge in [-0.1, -0.05) is 56.3 Å². The molecule has 1 N–H and O–H groups in total. The van der Waals surface area contributed by atoms with Crippen LogP contribution in [-0.4, -0.2) is 42.4 Å². The van der Waals surface area contributed by atoms with Gasteiger partial charge < -0.3 is 14.7 Å². The van der Waals surface area contributed by atoms with Crippen molar-refractivity contribution in [3.63, 3.8) is 0 Å². The van der Waals surface area contributed by atoms with Gasteiger partial charge in [-0.3, -0.25) is 0 Å². The molecule has 0 amide bonds. The maximum Gasteiger partial charge on any atom is 0.123 e. The molecule has 0 spiro atoms. The highest BCUT2D eigenvalue weighted by molar-refractivity contribution is 5.85. The van der Waals surface area contributed by atoms with E-state index in [1.165, 1.54) is 36.0 Å². The first kappa shape index (κ1) is 23.7. The number of nitrogens with zero attached hydrogens (tertiary/aromatic N) is 1. The fourth-order valence-corrected chi connectivity index (χ4v) is 4.10. The third kappa shape index (κ3) is 7.33. The maximum atomic E-state index is 10.5. The summed E-state index contributed by atoms with van der Waals surface area (Å²) in [6, 6.07) is 17.1. The lowest BCUT2D eigenvalue weighted by molar-refractivity contribution is 0.0547. The van der Waals surface area contributed by atoms with Gasteiger partial charge in [-0.05, 0) is 73.9 Å². The molecule has 29 heavy (non-hydrogen) atoms. The van der Waals surface area contributed by atoms with E-state index in [0.29, 0.717) is 19.1 Å². The normalized spacial score (nSPS) is 16.4. The van der Waals surface area contributed by atoms with E-state index in [1.807, 2.05) is 0 Å². The molecule has 1 fully saturated rings. The zero-order valence-corrected chi connectivity index (χ0v) is 18.8. The Bertz CT molecular complexity index is 727. The zero-order valence-electron chi connectivity index (χ0n) is 18.0. The van der Waals surface area contributed by atoms with Gasteiger partial charge in [-0.25, -0.2) is 0 Å². The summed E-state index contributed by atoms with van der Waals surface area (Å²) in [5.74, 6) is 2.08. The molecule has 2 aromatic carbocycles. The van der Waals surface area contributed by atoms with Crippen molar-refractivity contribution >= 4 is 12.4 Å². The van der Waals surface area contributed by atoms with Gasteiger partial charge in [0.05, 0.1) is 0 Å². The van der Waals surface area contributed by atoms with Crippen molar-refractivity contribution in [1.29, 1.82) is 0 Å². The Balaban J connectivity index is 0.00000300. The Morgan fingerprint density at radius 1 is 1.07 bits per heavy atom. The number of aliphatic hydroxyl groups excluding tert-OH is 1. The molecule has 0 saturated carbocycles. The van der Waals surface area contributed by atoms with Crippen molar-refractivity contribution in [1.82, 2.24) is 4.90 Å². The van der Waals surface area contributed by atoms with Crippen LogP contribution in [0.5, 0.6) is 5.75 Å². The zero-order chi connectivity index (χ0) is 19.9. The van der Waals surface area contributed by atoms with Crippen LogP contribution in [0, 0.1) is 12.8 Å². The van der Waals surface area contributed by atoms with Crippen molar-refractivity contribution in [3.8, 4) is 5.75 Å². The summed E-state index contributed by atoms with van der Waals surface area (Å²) in [7, 11) is 0. The van der Waals surface area contributed by atoms with Crippen molar-refractivity contribution in [2.45, 2.75) is 52.1 Å². The van der Waals surface area contributed by atoms with Crippen molar-refractivity contribution in [3.05, 3.63) is 65.2 Å².